The van der Waals surface area contributed by atoms with Gasteiger partial charge in [0.2, 0.25) is 5.91 Å². The number of amides is 1. The van der Waals surface area contributed by atoms with Crippen molar-refractivity contribution in [3.05, 3.63) is 33.5 Å². The van der Waals surface area contributed by atoms with E-state index < -0.39 is 16.0 Å². The van der Waals surface area contributed by atoms with E-state index in [0.717, 1.165) is 30.0 Å². The predicted octanol–water partition coefficient (Wildman–Crippen LogP) is 3.79. The van der Waals surface area contributed by atoms with Gasteiger partial charge in [-0.25, -0.2) is 13.2 Å². The summed E-state index contributed by atoms with van der Waals surface area (Å²) in [5, 5.41) is 5.29. The standard InChI is InChI=1S/C23H31N3O5S3/c1-4-31-23(28)20-17-9-10-25(15(2)3)14-18(17)33-22(20)24-21(27)16-7-11-26(12-8-16)34(29,30)19-6-5-13-32-19/h5-6,13,15-16H,4,7-12,14H2,1-3H3,(H,24,27). The molecule has 0 unspecified atom stereocenters. The molecule has 0 saturated carbocycles. The van der Waals surface area contributed by atoms with Crippen LogP contribution in [0.1, 0.15) is 54.4 Å². The molecule has 4 heterocycles. The van der Waals surface area contributed by atoms with Gasteiger partial charge in [0.15, 0.2) is 0 Å². The Bertz CT molecular complexity index is 1130. The number of fused-ring (bicyclic) bond motifs is 1. The molecule has 2 aromatic heterocycles. The summed E-state index contributed by atoms with van der Waals surface area (Å²) in [5.74, 6) is -0.876. The number of hydrogen-bond donors (Lipinski definition) is 1. The normalized spacial score (nSPS) is 18.1. The van der Waals surface area contributed by atoms with E-state index in [9.17, 15) is 18.0 Å². The zero-order chi connectivity index (χ0) is 24.5. The minimum atomic E-state index is -3.51. The molecule has 34 heavy (non-hydrogen) atoms. The van der Waals surface area contributed by atoms with E-state index in [2.05, 4.69) is 24.1 Å². The van der Waals surface area contributed by atoms with Crippen molar-refractivity contribution in [2.75, 3.05) is 31.6 Å². The Hall–Kier alpha value is -1.79. The molecular weight excluding hydrogens is 494 g/mol. The summed E-state index contributed by atoms with van der Waals surface area (Å²) in [6.07, 6.45) is 1.63. The summed E-state index contributed by atoms with van der Waals surface area (Å²) < 4.78 is 32.6. The molecule has 4 rings (SSSR count). The molecule has 1 N–H and O–H groups in total. The number of rotatable bonds is 7. The maximum atomic E-state index is 13.1. The third-order valence-electron chi connectivity index (χ3n) is 6.45. The quantitative estimate of drug-likeness (QED) is 0.553. The molecule has 0 spiro atoms. The van der Waals surface area contributed by atoms with Gasteiger partial charge in [0.25, 0.3) is 10.0 Å². The minimum absolute atomic E-state index is 0.168. The van der Waals surface area contributed by atoms with Crippen molar-refractivity contribution in [1.29, 1.82) is 0 Å². The summed E-state index contributed by atoms with van der Waals surface area (Å²) >= 11 is 2.65. The number of nitrogens with zero attached hydrogens (tertiary/aromatic N) is 2. The number of nitrogens with one attached hydrogen (secondary N) is 1. The lowest BCUT2D eigenvalue weighted by Crippen LogP contribution is -2.41. The molecule has 186 valence electrons. The summed E-state index contributed by atoms with van der Waals surface area (Å²) in [5.41, 5.74) is 1.46. The van der Waals surface area contributed by atoms with Crippen LogP contribution in [0.25, 0.3) is 0 Å². The Kier molecular flexibility index (Phi) is 7.78. The Morgan fingerprint density at radius 3 is 2.59 bits per heavy atom. The Balaban J connectivity index is 1.47. The topological polar surface area (TPSA) is 96.0 Å². The van der Waals surface area contributed by atoms with Crippen LogP contribution in [0.5, 0.6) is 0 Å². The number of ether oxygens (including phenoxy) is 1. The van der Waals surface area contributed by atoms with E-state index >= 15 is 0 Å². The summed E-state index contributed by atoms with van der Waals surface area (Å²) in [6, 6.07) is 3.73. The number of sulfonamides is 1. The minimum Gasteiger partial charge on any atom is -0.462 e. The third kappa shape index (κ3) is 5.08. The van der Waals surface area contributed by atoms with E-state index in [-0.39, 0.29) is 18.4 Å². The molecule has 0 aliphatic carbocycles. The van der Waals surface area contributed by atoms with Crippen LogP contribution >= 0.6 is 22.7 Å². The van der Waals surface area contributed by atoms with Crippen molar-refractivity contribution in [1.82, 2.24) is 9.21 Å². The summed E-state index contributed by atoms with van der Waals surface area (Å²) in [6.45, 7) is 8.55. The largest absolute Gasteiger partial charge is 0.462 e. The van der Waals surface area contributed by atoms with Gasteiger partial charge in [-0.3, -0.25) is 9.69 Å². The van der Waals surface area contributed by atoms with Crippen LogP contribution in [0.2, 0.25) is 0 Å². The monoisotopic (exact) mass is 525 g/mol. The van der Waals surface area contributed by atoms with E-state index in [1.807, 2.05) is 0 Å². The average Bonchev–Trinajstić information content (AvgIpc) is 3.47. The Morgan fingerprint density at radius 1 is 1.24 bits per heavy atom. The van der Waals surface area contributed by atoms with Crippen molar-refractivity contribution < 1.29 is 22.7 Å². The van der Waals surface area contributed by atoms with E-state index in [1.165, 1.54) is 27.0 Å². The smallest absolute Gasteiger partial charge is 0.341 e. The van der Waals surface area contributed by atoms with Gasteiger partial charge in [-0.2, -0.15) is 4.31 Å². The van der Waals surface area contributed by atoms with Crippen molar-refractivity contribution in [2.45, 2.75) is 56.8 Å². The third-order valence-corrected chi connectivity index (χ3v) is 10.9. The van der Waals surface area contributed by atoms with Crippen molar-refractivity contribution in [2.24, 2.45) is 5.92 Å². The fourth-order valence-electron chi connectivity index (χ4n) is 4.48. The number of anilines is 1. The lowest BCUT2D eigenvalue weighted by atomic mass is 9.97. The van der Waals surface area contributed by atoms with E-state index in [4.69, 9.17) is 4.74 Å². The highest BCUT2D eigenvalue weighted by atomic mass is 32.2. The van der Waals surface area contributed by atoms with Gasteiger partial charge in [0.05, 0.1) is 12.2 Å². The van der Waals surface area contributed by atoms with Gasteiger partial charge in [0, 0.05) is 43.0 Å². The zero-order valence-corrected chi connectivity index (χ0v) is 22.2. The Morgan fingerprint density at radius 2 is 1.97 bits per heavy atom. The molecule has 1 amide bonds. The van der Waals surface area contributed by atoms with Crippen LogP contribution < -0.4 is 5.32 Å². The van der Waals surface area contributed by atoms with Crippen LogP contribution in [0, 0.1) is 5.92 Å². The summed E-state index contributed by atoms with van der Waals surface area (Å²) in [4.78, 5) is 29.4. The molecule has 2 aliphatic rings. The second-order valence-electron chi connectivity index (χ2n) is 8.84. The maximum Gasteiger partial charge on any atom is 0.341 e. The first-order valence-corrected chi connectivity index (χ1v) is 14.8. The van der Waals surface area contributed by atoms with E-state index in [1.54, 1.807) is 24.4 Å². The van der Waals surface area contributed by atoms with Crippen molar-refractivity contribution in [3.8, 4) is 0 Å². The lowest BCUT2D eigenvalue weighted by molar-refractivity contribution is -0.120. The van der Waals surface area contributed by atoms with Crippen LogP contribution in [0.15, 0.2) is 21.7 Å². The van der Waals surface area contributed by atoms with Crippen LogP contribution in [-0.2, 0) is 32.5 Å². The molecular formula is C23H31N3O5S3. The SMILES string of the molecule is CCOC(=O)c1c(NC(=O)C2CCN(S(=O)(=O)c3cccs3)CC2)sc2c1CCN(C(C)C)C2. The highest BCUT2D eigenvalue weighted by Crippen LogP contribution is 2.39. The van der Waals surface area contributed by atoms with Gasteiger partial charge in [-0.15, -0.1) is 22.7 Å². The second kappa shape index (κ2) is 10.4. The van der Waals surface area contributed by atoms with Gasteiger partial charge in [-0.05, 0) is 57.0 Å². The lowest BCUT2D eigenvalue weighted by Gasteiger charge is -2.30. The molecule has 0 atom stereocenters. The molecule has 0 aromatic carbocycles. The predicted molar refractivity (Wildman–Crippen MR) is 134 cm³/mol. The Labute approximate surface area is 208 Å². The molecule has 1 saturated heterocycles. The number of esters is 1. The van der Waals surface area contributed by atoms with Crippen molar-refractivity contribution in [3.63, 3.8) is 0 Å². The van der Waals surface area contributed by atoms with Crippen molar-refractivity contribution >= 4 is 49.6 Å². The number of piperidine rings is 1. The maximum absolute atomic E-state index is 13.1. The number of thiophene rings is 2. The van der Waals surface area contributed by atoms with Crippen LogP contribution in [0.4, 0.5) is 5.00 Å². The first-order chi connectivity index (χ1) is 16.2. The highest BCUT2D eigenvalue weighted by Gasteiger charge is 2.35. The molecule has 11 heteroatoms. The van der Waals surface area contributed by atoms with Crippen LogP contribution in [0.3, 0.4) is 0 Å². The molecule has 1 fully saturated rings. The van der Waals surface area contributed by atoms with Gasteiger partial charge in [-0.1, -0.05) is 6.07 Å². The van der Waals surface area contributed by atoms with Gasteiger partial charge < -0.3 is 10.1 Å². The highest BCUT2D eigenvalue weighted by molar-refractivity contribution is 7.91. The molecule has 2 aliphatic heterocycles. The average molecular weight is 526 g/mol. The fraction of sp³-hybridized carbons (Fsp3) is 0.565. The first kappa shape index (κ1) is 25.3. The number of carbonyl (C=O) groups excluding carboxylic acids is 2. The fourth-order valence-corrected chi connectivity index (χ4v) is 8.36. The number of hydrogen-bond acceptors (Lipinski definition) is 8. The molecule has 2 aromatic rings. The number of carbonyl (C=O) groups is 2. The summed E-state index contributed by atoms with van der Waals surface area (Å²) in [7, 11) is -3.51. The first-order valence-electron chi connectivity index (χ1n) is 11.6. The van der Waals surface area contributed by atoms with Gasteiger partial charge >= 0.3 is 5.97 Å². The zero-order valence-electron chi connectivity index (χ0n) is 19.7. The van der Waals surface area contributed by atoms with Crippen LogP contribution in [-0.4, -0.2) is 61.8 Å². The van der Waals surface area contributed by atoms with E-state index in [0.29, 0.717) is 46.7 Å². The molecule has 0 radical (unpaired) electrons. The van der Waals surface area contributed by atoms with Gasteiger partial charge in [0.1, 0.15) is 9.21 Å². The second-order valence-corrected chi connectivity index (χ2v) is 13.1. The molecule has 8 nitrogen and oxygen atoms in total. The molecule has 0 bridgehead atoms.